The van der Waals surface area contributed by atoms with Gasteiger partial charge in [0, 0.05) is 6.07 Å². The lowest BCUT2D eigenvalue weighted by atomic mass is 10.2. The van der Waals surface area contributed by atoms with E-state index in [-0.39, 0.29) is 11.3 Å². The standard InChI is InChI=1S/C16H13F3O6S/c1-10-3-5-12(6-4-10)24-13-7-11(15(20)23-2)8-14(9-13)25-26(21,22)16(17,18)19/h3-9H,1-2H3. The van der Waals surface area contributed by atoms with Crippen LogP contribution in [0.15, 0.2) is 42.5 Å². The smallest absolute Gasteiger partial charge is 0.465 e. The van der Waals surface area contributed by atoms with Crippen molar-refractivity contribution < 1.29 is 40.0 Å². The molecule has 0 unspecified atom stereocenters. The summed E-state index contributed by atoms with van der Waals surface area (Å²) < 4.78 is 73.8. The van der Waals surface area contributed by atoms with E-state index < -0.39 is 27.3 Å². The number of hydrogen-bond acceptors (Lipinski definition) is 6. The second-order valence-corrected chi connectivity index (χ2v) is 6.62. The van der Waals surface area contributed by atoms with Gasteiger partial charge >= 0.3 is 21.6 Å². The van der Waals surface area contributed by atoms with Crippen LogP contribution in [-0.4, -0.2) is 27.0 Å². The predicted octanol–water partition coefficient (Wildman–Crippen LogP) is 3.80. The highest BCUT2D eigenvalue weighted by Gasteiger charge is 2.48. The van der Waals surface area contributed by atoms with Gasteiger partial charge in [-0.15, -0.1) is 0 Å². The number of aryl methyl sites for hydroxylation is 1. The number of hydrogen-bond donors (Lipinski definition) is 0. The fourth-order valence-corrected chi connectivity index (χ4v) is 2.27. The molecule has 0 N–H and O–H groups in total. The second-order valence-electron chi connectivity index (χ2n) is 5.08. The molecular weight excluding hydrogens is 377 g/mol. The van der Waals surface area contributed by atoms with E-state index in [1.807, 2.05) is 6.92 Å². The van der Waals surface area contributed by atoms with Gasteiger partial charge in [0.2, 0.25) is 0 Å². The highest BCUT2D eigenvalue weighted by molar-refractivity contribution is 7.88. The first-order chi connectivity index (χ1) is 12.0. The third kappa shape index (κ3) is 4.66. The van der Waals surface area contributed by atoms with Crippen LogP contribution in [0, 0.1) is 6.92 Å². The molecule has 0 saturated heterocycles. The summed E-state index contributed by atoms with van der Waals surface area (Å²) in [6.07, 6.45) is 0. The zero-order valence-electron chi connectivity index (χ0n) is 13.5. The first-order valence-electron chi connectivity index (χ1n) is 7.00. The van der Waals surface area contributed by atoms with Crippen molar-refractivity contribution in [3.8, 4) is 17.2 Å². The first kappa shape index (κ1) is 19.6. The lowest BCUT2D eigenvalue weighted by molar-refractivity contribution is -0.0500. The Morgan fingerprint density at radius 2 is 1.54 bits per heavy atom. The molecule has 6 nitrogen and oxygen atoms in total. The summed E-state index contributed by atoms with van der Waals surface area (Å²) in [6, 6.07) is 9.53. The molecule has 10 heteroatoms. The number of halogens is 3. The van der Waals surface area contributed by atoms with E-state index in [1.54, 1.807) is 24.3 Å². The summed E-state index contributed by atoms with van der Waals surface area (Å²) in [5, 5.41) is 0. The van der Waals surface area contributed by atoms with Crippen molar-refractivity contribution in [2.45, 2.75) is 12.4 Å². The first-order valence-corrected chi connectivity index (χ1v) is 8.41. The molecule has 0 fully saturated rings. The molecular formula is C16H13F3O6S. The number of esters is 1. The van der Waals surface area contributed by atoms with Crippen molar-refractivity contribution in [2.75, 3.05) is 7.11 Å². The summed E-state index contributed by atoms with van der Waals surface area (Å²) in [4.78, 5) is 11.7. The molecule has 2 rings (SSSR count). The molecule has 0 saturated carbocycles. The van der Waals surface area contributed by atoms with Crippen LogP contribution in [0.25, 0.3) is 0 Å². The second kappa shape index (κ2) is 7.24. The van der Waals surface area contributed by atoms with Crippen LogP contribution in [0.2, 0.25) is 0 Å². The average molecular weight is 390 g/mol. The van der Waals surface area contributed by atoms with Gasteiger partial charge < -0.3 is 13.7 Å². The van der Waals surface area contributed by atoms with Crippen LogP contribution in [0.3, 0.4) is 0 Å². The van der Waals surface area contributed by atoms with Gasteiger partial charge in [0.05, 0.1) is 12.7 Å². The molecule has 0 bridgehead atoms. The summed E-state index contributed by atoms with van der Waals surface area (Å²) in [6.45, 7) is 1.84. The number of carbonyl (C=O) groups is 1. The Morgan fingerprint density at radius 1 is 0.962 bits per heavy atom. The van der Waals surface area contributed by atoms with Crippen LogP contribution in [0.1, 0.15) is 15.9 Å². The van der Waals surface area contributed by atoms with Crippen molar-refractivity contribution >= 4 is 16.1 Å². The van der Waals surface area contributed by atoms with Crippen molar-refractivity contribution in [3.05, 3.63) is 53.6 Å². The molecule has 0 spiro atoms. The van der Waals surface area contributed by atoms with Gasteiger partial charge in [0.1, 0.15) is 17.2 Å². The van der Waals surface area contributed by atoms with Gasteiger partial charge in [-0.1, -0.05) is 17.7 Å². The Hall–Kier alpha value is -2.75. The Bertz CT molecular complexity index is 905. The average Bonchev–Trinajstić information content (AvgIpc) is 2.54. The van der Waals surface area contributed by atoms with E-state index in [0.29, 0.717) is 5.75 Å². The van der Waals surface area contributed by atoms with Crippen molar-refractivity contribution in [2.24, 2.45) is 0 Å². The van der Waals surface area contributed by atoms with Gasteiger partial charge in [0.25, 0.3) is 0 Å². The molecule has 0 aliphatic rings. The predicted molar refractivity (Wildman–Crippen MR) is 84.6 cm³/mol. The molecule has 2 aromatic rings. The molecule has 140 valence electrons. The van der Waals surface area contributed by atoms with E-state index in [1.165, 1.54) is 6.07 Å². The van der Waals surface area contributed by atoms with Crippen molar-refractivity contribution in [1.82, 2.24) is 0 Å². The van der Waals surface area contributed by atoms with Gasteiger partial charge in [0.15, 0.2) is 0 Å². The maximum atomic E-state index is 12.5. The molecule has 2 aromatic carbocycles. The summed E-state index contributed by atoms with van der Waals surface area (Å²) in [5.74, 6) is -1.44. The van der Waals surface area contributed by atoms with E-state index in [4.69, 9.17) is 4.74 Å². The fraction of sp³-hybridized carbons (Fsp3) is 0.188. The summed E-state index contributed by atoms with van der Waals surface area (Å²) in [5.41, 5.74) is -4.92. The van der Waals surface area contributed by atoms with Gasteiger partial charge in [-0.25, -0.2) is 4.79 Å². The molecule has 0 aromatic heterocycles. The van der Waals surface area contributed by atoms with Crippen LogP contribution in [0.4, 0.5) is 13.2 Å². The number of ether oxygens (including phenoxy) is 2. The molecule has 0 atom stereocenters. The van der Waals surface area contributed by atoms with E-state index >= 15 is 0 Å². The maximum absolute atomic E-state index is 12.5. The van der Waals surface area contributed by atoms with Gasteiger partial charge in [-0.2, -0.15) is 21.6 Å². The normalized spacial score (nSPS) is 11.7. The van der Waals surface area contributed by atoms with Crippen LogP contribution in [-0.2, 0) is 14.9 Å². The van der Waals surface area contributed by atoms with E-state index in [9.17, 15) is 26.4 Å². The topological polar surface area (TPSA) is 78.9 Å². The largest absolute Gasteiger partial charge is 0.534 e. The van der Waals surface area contributed by atoms with E-state index in [0.717, 1.165) is 24.8 Å². The zero-order valence-corrected chi connectivity index (χ0v) is 14.3. The minimum Gasteiger partial charge on any atom is -0.465 e. The SMILES string of the molecule is COC(=O)c1cc(Oc2ccc(C)cc2)cc(OS(=O)(=O)C(F)(F)F)c1. The lowest BCUT2D eigenvalue weighted by Crippen LogP contribution is -2.28. The number of carbonyl (C=O) groups excluding carboxylic acids is 1. The minimum absolute atomic E-state index is 0.107. The van der Waals surface area contributed by atoms with Crippen molar-refractivity contribution in [3.63, 3.8) is 0 Å². The zero-order chi connectivity index (χ0) is 19.5. The molecule has 26 heavy (non-hydrogen) atoms. The number of rotatable bonds is 5. The molecule has 0 amide bonds. The van der Waals surface area contributed by atoms with Gasteiger partial charge in [-0.3, -0.25) is 0 Å². The fourth-order valence-electron chi connectivity index (χ4n) is 1.83. The Labute approximate surface area is 147 Å². The monoisotopic (exact) mass is 390 g/mol. The quantitative estimate of drug-likeness (QED) is 0.439. The Kier molecular flexibility index (Phi) is 5.45. The number of alkyl halides is 3. The lowest BCUT2D eigenvalue weighted by Gasteiger charge is -2.12. The summed E-state index contributed by atoms with van der Waals surface area (Å²) in [7, 11) is -4.84. The van der Waals surface area contributed by atoms with Crippen molar-refractivity contribution in [1.29, 1.82) is 0 Å². The number of benzene rings is 2. The third-order valence-corrected chi connectivity index (χ3v) is 4.03. The molecule has 0 aliphatic heterocycles. The molecule has 0 aliphatic carbocycles. The third-order valence-electron chi connectivity index (χ3n) is 3.05. The highest BCUT2D eigenvalue weighted by atomic mass is 32.2. The minimum atomic E-state index is -5.90. The molecule has 0 heterocycles. The summed E-state index contributed by atoms with van der Waals surface area (Å²) >= 11 is 0. The highest BCUT2D eigenvalue weighted by Crippen LogP contribution is 2.32. The number of methoxy groups -OCH3 is 1. The maximum Gasteiger partial charge on any atom is 0.534 e. The van der Waals surface area contributed by atoms with Gasteiger partial charge in [-0.05, 0) is 31.2 Å². The van der Waals surface area contributed by atoms with E-state index in [2.05, 4.69) is 8.92 Å². The Balaban J connectivity index is 2.42. The van der Waals surface area contributed by atoms with Crippen LogP contribution >= 0.6 is 0 Å². The van der Waals surface area contributed by atoms with Crippen LogP contribution < -0.4 is 8.92 Å². The molecule has 0 radical (unpaired) electrons. The van der Waals surface area contributed by atoms with Crippen LogP contribution in [0.5, 0.6) is 17.2 Å². The Morgan fingerprint density at radius 3 is 2.08 bits per heavy atom.